The Morgan fingerprint density at radius 1 is 1.44 bits per heavy atom. The third-order valence-electron chi connectivity index (χ3n) is 2.30. The van der Waals surface area contributed by atoms with E-state index in [9.17, 15) is 0 Å². The molecule has 0 radical (unpaired) electrons. The Morgan fingerprint density at radius 2 is 2.25 bits per heavy atom. The number of nitrogens with one attached hydrogen (secondary N) is 1. The second-order valence-corrected chi connectivity index (χ2v) is 3.85. The van der Waals surface area contributed by atoms with Crippen LogP contribution in [0.25, 0.3) is 0 Å². The normalized spacial score (nSPS) is 12.9. The third-order valence-corrected chi connectivity index (χ3v) is 2.30. The first-order valence-electron chi connectivity index (χ1n) is 5.88. The van der Waals surface area contributed by atoms with E-state index < -0.39 is 0 Å². The molecular formula is C11H21N3O2. The molecule has 0 saturated heterocycles. The molecule has 0 saturated carbocycles. The van der Waals surface area contributed by atoms with Gasteiger partial charge in [-0.3, -0.25) is 0 Å². The zero-order valence-electron chi connectivity index (χ0n) is 10.3. The lowest BCUT2D eigenvalue weighted by molar-refractivity contribution is 0.114. The molecule has 1 unspecified atom stereocenters. The van der Waals surface area contributed by atoms with Crippen LogP contribution in [0.2, 0.25) is 0 Å². The first-order valence-corrected chi connectivity index (χ1v) is 5.88. The van der Waals surface area contributed by atoms with Crippen LogP contribution in [0.4, 0.5) is 0 Å². The molecule has 0 fully saturated rings. The molecule has 0 aromatic carbocycles. The predicted molar refractivity (Wildman–Crippen MR) is 60.8 cm³/mol. The van der Waals surface area contributed by atoms with Crippen LogP contribution >= 0.6 is 0 Å². The van der Waals surface area contributed by atoms with E-state index >= 15 is 0 Å². The smallest absolute Gasteiger partial charge is 0.240 e. The maximum absolute atomic E-state index is 5.32. The van der Waals surface area contributed by atoms with Crippen molar-refractivity contribution in [3.05, 3.63) is 11.7 Å². The Hall–Kier alpha value is -0.940. The molecule has 0 aliphatic carbocycles. The number of hydrogen-bond donors (Lipinski definition) is 1. The summed E-state index contributed by atoms with van der Waals surface area (Å²) in [5, 5.41) is 7.13. The minimum atomic E-state index is 0.431. The second-order valence-electron chi connectivity index (χ2n) is 3.85. The van der Waals surface area contributed by atoms with Gasteiger partial charge in [-0.05, 0) is 19.8 Å². The van der Waals surface area contributed by atoms with Gasteiger partial charge in [-0.15, -0.1) is 0 Å². The highest BCUT2D eigenvalue weighted by molar-refractivity contribution is 4.84. The molecule has 0 amide bonds. The van der Waals surface area contributed by atoms with Gasteiger partial charge in [0.2, 0.25) is 5.89 Å². The van der Waals surface area contributed by atoms with Gasteiger partial charge in [-0.1, -0.05) is 19.0 Å². The quantitative estimate of drug-likeness (QED) is 0.687. The molecular weight excluding hydrogens is 206 g/mol. The summed E-state index contributed by atoms with van der Waals surface area (Å²) in [6.45, 7) is 8.11. The van der Waals surface area contributed by atoms with Gasteiger partial charge in [-0.2, -0.15) is 4.98 Å². The molecule has 0 aliphatic heterocycles. The zero-order valence-corrected chi connectivity index (χ0v) is 10.3. The largest absolute Gasteiger partial charge is 0.373 e. The molecule has 0 bridgehead atoms. The molecule has 5 heteroatoms. The first kappa shape index (κ1) is 13.1. The van der Waals surface area contributed by atoms with Crippen molar-refractivity contribution in [1.82, 2.24) is 15.5 Å². The van der Waals surface area contributed by atoms with Crippen LogP contribution in [0.5, 0.6) is 0 Å². The van der Waals surface area contributed by atoms with Crippen molar-refractivity contribution in [2.45, 2.75) is 52.8 Å². The Labute approximate surface area is 96.6 Å². The first-order chi connectivity index (χ1) is 7.76. The summed E-state index contributed by atoms with van der Waals surface area (Å²) in [6, 6.07) is 0.465. The van der Waals surface area contributed by atoms with Gasteiger partial charge in [0.1, 0.15) is 6.61 Å². The van der Waals surface area contributed by atoms with Crippen molar-refractivity contribution in [1.29, 1.82) is 0 Å². The maximum Gasteiger partial charge on any atom is 0.240 e. The Balaban J connectivity index is 2.28. The van der Waals surface area contributed by atoms with Crippen LogP contribution in [-0.2, 0) is 17.9 Å². The fraction of sp³-hybridized carbons (Fsp3) is 0.818. The Bertz CT molecular complexity index is 289. The minimum Gasteiger partial charge on any atom is -0.373 e. The molecule has 92 valence electrons. The summed E-state index contributed by atoms with van der Waals surface area (Å²) < 4.78 is 10.4. The molecule has 1 aromatic rings. The predicted octanol–water partition coefficient (Wildman–Crippen LogP) is 1.88. The Morgan fingerprint density at radius 3 is 2.94 bits per heavy atom. The second kappa shape index (κ2) is 7.35. The number of aromatic nitrogens is 2. The van der Waals surface area contributed by atoms with E-state index in [2.05, 4.69) is 36.2 Å². The molecule has 0 aliphatic rings. The summed E-state index contributed by atoms with van der Waals surface area (Å²) in [5.74, 6) is 1.24. The third kappa shape index (κ3) is 4.72. The van der Waals surface area contributed by atoms with Crippen LogP contribution in [0.3, 0.4) is 0 Å². The van der Waals surface area contributed by atoms with Crippen molar-refractivity contribution >= 4 is 0 Å². The van der Waals surface area contributed by atoms with Crippen molar-refractivity contribution in [3.8, 4) is 0 Å². The summed E-state index contributed by atoms with van der Waals surface area (Å²) >= 11 is 0. The van der Waals surface area contributed by atoms with E-state index in [0.717, 1.165) is 19.4 Å². The van der Waals surface area contributed by atoms with E-state index in [-0.39, 0.29) is 0 Å². The molecule has 1 aromatic heterocycles. The molecule has 1 heterocycles. The Kier molecular flexibility index (Phi) is 6.03. The van der Waals surface area contributed by atoms with Gasteiger partial charge in [0.15, 0.2) is 5.82 Å². The zero-order chi connectivity index (χ0) is 11.8. The van der Waals surface area contributed by atoms with E-state index in [0.29, 0.717) is 30.9 Å². The SMILES string of the molecule is CCCOCc1noc(CNC(C)CC)n1. The average Bonchev–Trinajstić information content (AvgIpc) is 2.74. The van der Waals surface area contributed by atoms with Crippen LogP contribution in [-0.4, -0.2) is 22.8 Å². The van der Waals surface area contributed by atoms with Crippen LogP contribution in [0.1, 0.15) is 45.3 Å². The maximum atomic E-state index is 5.32. The fourth-order valence-electron chi connectivity index (χ4n) is 1.13. The highest BCUT2D eigenvalue weighted by Crippen LogP contribution is 2.00. The highest BCUT2D eigenvalue weighted by atomic mass is 16.5. The van der Waals surface area contributed by atoms with Crippen molar-refractivity contribution in [2.24, 2.45) is 0 Å². The monoisotopic (exact) mass is 227 g/mol. The van der Waals surface area contributed by atoms with Crippen molar-refractivity contribution < 1.29 is 9.26 Å². The lowest BCUT2D eigenvalue weighted by Crippen LogP contribution is -2.24. The number of rotatable bonds is 8. The van der Waals surface area contributed by atoms with Gasteiger partial charge in [-0.25, -0.2) is 0 Å². The number of ether oxygens (including phenoxy) is 1. The van der Waals surface area contributed by atoms with Gasteiger partial charge in [0.25, 0.3) is 0 Å². The van der Waals surface area contributed by atoms with Gasteiger partial charge >= 0.3 is 0 Å². The minimum absolute atomic E-state index is 0.431. The molecule has 0 spiro atoms. The van der Waals surface area contributed by atoms with Crippen LogP contribution < -0.4 is 5.32 Å². The van der Waals surface area contributed by atoms with E-state index in [1.165, 1.54) is 0 Å². The van der Waals surface area contributed by atoms with Gasteiger partial charge in [0, 0.05) is 12.6 Å². The highest BCUT2D eigenvalue weighted by Gasteiger charge is 2.07. The van der Waals surface area contributed by atoms with E-state index in [1.807, 2.05) is 0 Å². The molecule has 1 N–H and O–H groups in total. The molecule has 16 heavy (non-hydrogen) atoms. The average molecular weight is 227 g/mol. The van der Waals surface area contributed by atoms with Crippen molar-refractivity contribution in [3.63, 3.8) is 0 Å². The number of nitrogens with zero attached hydrogens (tertiary/aromatic N) is 2. The van der Waals surface area contributed by atoms with Crippen LogP contribution in [0, 0.1) is 0 Å². The fourth-order valence-corrected chi connectivity index (χ4v) is 1.13. The lowest BCUT2D eigenvalue weighted by Gasteiger charge is -2.07. The molecule has 1 atom stereocenters. The summed E-state index contributed by atoms with van der Waals surface area (Å²) in [6.07, 6.45) is 2.08. The van der Waals surface area contributed by atoms with Gasteiger partial charge < -0.3 is 14.6 Å². The number of hydrogen-bond acceptors (Lipinski definition) is 5. The van der Waals surface area contributed by atoms with E-state index in [4.69, 9.17) is 9.26 Å². The van der Waals surface area contributed by atoms with Gasteiger partial charge in [0.05, 0.1) is 6.54 Å². The van der Waals surface area contributed by atoms with Crippen LogP contribution in [0.15, 0.2) is 4.52 Å². The topological polar surface area (TPSA) is 60.2 Å². The summed E-state index contributed by atoms with van der Waals surface area (Å²) in [7, 11) is 0. The van der Waals surface area contributed by atoms with Crippen molar-refractivity contribution in [2.75, 3.05) is 6.61 Å². The molecule has 5 nitrogen and oxygen atoms in total. The summed E-state index contributed by atoms with van der Waals surface area (Å²) in [5.41, 5.74) is 0. The summed E-state index contributed by atoms with van der Waals surface area (Å²) in [4.78, 5) is 4.22. The molecule has 1 rings (SSSR count). The lowest BCUT2D eigenvalue weighted by atomic mass is 10.3. The van der Waals surface area contributed by atoms with E-state index in [1.54, 1.807) is 0 Å². The standard InChI is InChI=1S/C11H21N3O2/c1-4-6-15-8-10-13-11(16-14-10)7-12-9(3)5-2/h9,12H,4-8H2,1-3H3.